The second-order valence-electron chi connectivity index (χ2n) is 13.6. The summed E-state index contributed by atoms with van der Waals surface area (Å²) in [5, 5.41) is 12.8. The molecule has 6 aliphatic heterocycles. The average molecular weight is 576 g/mol. The van der Waals surface area contributed by atoms with Gasteiger partial charge in [-0.2, -0.15) is 0 Å². The molecular formula is C29H50FN9O2. The van der Waals surface area contributed by atoms with E-state index in [1.165, 1.54) is 0 Å². The minimum atomic E-state index is -1.14. The van der Waals surface area contributed by atoms with E-state index in [1.54, 1.807) is 6.92 Å². The summed E-state index contributed by atoms with van der Waals surface area (Å²) in [5.74, 6) is 0.656. The number of carbonyl (C=O) groups excluding carboxylic acids is 2. The molecule has 12 heteroatoms. The molecule has 6 aliphatic rings. The molecule has 0 radical (unpaired) electrons. The monoisotopic (exact) mass is 575 g/mol. The third kappa shape index (κ3) is 5.19. The lowest BCUT2D eigenvalue weighted by molar-refractivity contribution is -0.140. The van der Waals surface area contributed by atoms with Crippen LogP contribution in [0.3, 0.4) is 0 Å². The van der Waals surface area contributed by atoms with Crippen molar-refractivity contribution in [1.82, 2.24) is 46.6 Å². The minimum absolute atomic E-state index is 0.0187. The highest BCUT2D eigenvalue weighted by molar-refractivity contribution is 5.77. The first-order chi connectivity index (χ1) is 19.7. The van der Waals surface area contributed by atoms with Crippen LogP contribution >= 0.6 is 0 Å². The zero-order valence-corrected chi connectivity index (χ0v) is 25.3. The summed E-state index contributed by atoms with van der Waals surface area (Å²) < 4.78 is 16.3. The maximum atomic E-state index is 16.3. The van der Waals surface area contributed by atoms with Crippen molar-refractivity contribution >= 4 is 11.9 Å². The van der Waals surface area contributed by atoms with Crippen molar-refractivity contribution < 1.29 is 14.0 Å². The number of hydrazine groups is 2. The number of halogens is 1. The Balaban J connectivity index is 1.38. The van der Waals surface area contributed by atoms with E-state index in [-0.39, 0.29) is 54.4 Å². The van der Waals surface area contributed by atoms with Gasteiger partial charge in [0.2, 0.25) is 5.91 Å². The van der Waals surface area contributed by atoms with E-state index in [0.717, 1.165) is 44.3 Å². The predicted molar refractivity (Wildman–Crippen MR) is 154 cm³/mol. The molecule has 0 aromatic rings. The molecule has 0 aliphatic carbocycles. The summed E-state index contributed by atoms with van der Waals surface area (Å²) in [6.07, 6.45) is 5.00. The van der Waals surface area contributed by atoms with Crippen LogP contribution in [-0.2, 0) is 4.79 Å². The number of allylic oxidation sites excluding steroid dienone is 1. The third-order valence-corrected chi connectivity index (χ3v) is 10.6. The van der Waals surface area contributed by atoms with Gasteiger partial charge in [0.15, 0.2) is 0 Å². The molecule has 11 nitrogen and oxygen atoms in total. The molecule has 0 aromatic carbocycles. The molecule has 6 heterocycles. The van der Waals surface area contributed by atoms with Crippen LogP contribution in [0, 0.1) is 17.8 Å². The Labute approximate surface area is 243 Å². The van der Waals surface area contributed by atoms with Crippen LogP contribution in [0.25, 0.3) is 0 Å². The van der Waals surface area contributed by atoms with Gasteiger partial charge in [0.05, 0.1) is 24.1 Å². The smallest absolute Gasteiger partial charge is 0.320 e. The number of alkyl halides is 1. The Morgan fingerprint density at radius 3 is 2.63 bits per heavy atom. The second-order valence-corrected chi connectivity index (χ2v) is 13.6. The topological polar surface area (TPSA) is 107 Å². The van der Waals surface area contributed by atoms with Crippen LogP contribution in [-0.4, -0.2) is 100 Å². The highest BCUT2D eigenvalue weighted by Crippen LogP contribution is 2.41. The number of hydrogen-bond donors (Lipinski definition) is 5. The van der Waals surface area contributed by atoms with Crippen molar-refractivity contribution in [1.29, 1.82) is 0 Å². The Bertz CT molecular complexity index is 1030. The van der Waals surface area contributed by atoms with Crippen molar-refractivity contribution in [2.24, 2.45) is 17.8 Å². The molecule has 2 bridgehead atoms. The van der Waals surface area contributed by atoms with Crippen LogP contribution in [0.5, 0.6) is 0 Å². The van der Waals surface area contributed by atoms with Crippen LogP contribution in [0.1, 0.15) is 73.1 Å². The van der Waals surface area contributed by atoms with E-state index >= 15 is 4.39 Å². The van der Waals surface area contributed by atoms with E-state index in [0.29, 0.717) is 31.3 Å². The fourth-order valence-electron chi connectivity index (χ4n) is 8.65. The summed E-state index contributed by atoms with van der Waals surface area (Å²) >= 11 is 0. The highest BCUT2D eigenvalue weighted by Gasteiger charge is 2.56. The number of hydrogen-bond acceptors (Lipinski definition) is 8. The zero-order valence-electron chi connectivity index (χ0n) is 25.3. The van der Waals surface area contributed by atoms with Crippen LogP contribution < -0.4 is 26.9 Å². The lowest BCUT2D eigenvalue weighted by Gasteiger charge is -2.60. The number of amides is 3. The van der Waals surface area contributed by atoms with Crippen molar-refractivity contribution in [3.63, 3.8) is 0 Å². The number of nitrogens with one attached hydrogen (secondary N) is 5. The van der Waals surface area contributed by atoms with E-state index in [4.69, 9.17) is 0 Å². The fraction of sp³-hybridized carbons (Fsp3) is 0.862. The number of rotatable bonds is 2. The molecule has 0 spiro atoms. The molecule has 5 saturated heterocycles. The van der Waals surface area contributed by atoms with Gasteiger partial charge in [-0.05, 0) is 64.3 Å². The van der Waals surface area contributed by atoms with Gasteiger partial charge in [0.1, 0.15) is 12.3 Å². The zero-order chi connectivity index (χ0) is 29.0. The average Bonchev–Trinajstić information content (AvgIpc) is 3.39. The molecule has 3 amide bonds. The Hall–Kier alpha value is -2.15. The molecule has 230 valence electrons. The highest BCUT2D eigenvalue weighted by atomic mass is 19.1. The summed E-state index contributed by atoms with van der Waals surface area (Å²) in [6.45, 7) is 12.5. The number of piperidine rings is 2. The van der Waals surface area contributed by atoms with E-state index < -0.39 is 12.3 Å². The first kappa shape index (κ1) is 28.9. The second kappa shape index (κ2) is 11.5. The maximum Gasteiger partial charge on any atom is 0.320 e. The first-order valence-corrected chi connectivity index (χ1v) is 15.9. The van der Waals surface area contributed by atoms with Gasteiger partial charge in [0, 0.05) is 50.3 Å². The number of piperazine rings is 1. The van der Waals surface area contributed by atoms with Crippen LogP contribution in [0.4, 0.5) is 9.18 Å². The number of urea groups is 1. The lowest BCUT2D eigenvalue weighted by Crippen LogP contribution is -2.80. The van der Waals surface area contributed by atoms with Gasteiger partial charge in [-0.15, -0.1) is 5.53 Å². The van der Waals surface area contributed by atoms with Crippen molar-refractivity contribution in [2.75, 3.05) is 19.6 Å². The summed E-state index contributed by atoms with van der Waals surface area (Å²) in [7, 11) is 0. The number of fused-ring (bicyclic) bond motifs is 5. The lowest BCUT2D eigenvalue weighted by atomic mass is 9.76. The summed E-state index contributed by atoms with van der Waals surface area (Å²) in [4.78, 5) is 33.0. The van der Waals surface area contributed by atoms with Gasteiger partial charge in [-0.1, -0.05) is 20.3 Å². The molecule has 6 rings (SSSR count). The SMILES string of the molecule is CC(=O)N1C[C@H](C)N(C2NC(=O)N3C4NC(C(F)CC42)N2NNC=C2CCCCC2CCNC(C(C)C)C23)C[C@H]1C. The predicted octanol–water partition coefficient (Wildman–Crippen LogP) is 1.62. The van der Waals surface area contributed by atoms with Gasteiger partial charge in [-0.3, -0.25) is 20.0 Å². The molecular weight excluding hydrogens is 525 g/mol. The Morgan fingerprint density at radius 1 is 1.07 bits per heavy atom. The molecule has 0 aromatic heterocycles. The standard InChI is InChI=1S/C29H50FN9O2/c1-16(2)24-25-20(10-11-31-24)8-6-7-9-21-13-32-35-39(21)28-23(30)12-22-26(34-29(41)38(25)27(22)33-28)37-15-17(3)36(19(5)40)14-18(37)4/h13,16-18,20,22-28,31-33,35H,6-12,14-15H2,1-5H3,(H,34,41)/t17-,18+,20?,22?,23?,24?,25?,26?,27?,28?/m1/s1. The van der Waals surface area contributed by atoms with Crippen molar-refractivity contribution in [2.45, 2.75) is 122 Å². The van der Waals surface area contributed by atoms with Gasteiger partial charge >= 0.3 is 6.03 Å². The van der Waals surface area contributed by atoms with Gasteiger partial charge < -0.3 is 25.9 Å². The maximum absolute atomic E-state index is 16.3. The molecule has 0 saturated carbocycles. The molecule has 41 heavy (non-hydrogen) atoms. The Kier molecular flexibility index (Phi) is 8.12. The number of carbonyl (C=O) groups is 2. The molecule has 5 fully saturated rings. The van der Waals surface area contributed by atoms with E-state index in [2.05, 4.69) is 64.4 Å². The number of nitrogens with zero attached hydrogens (tertiary/aromatic N) is 4. The summed E-state index contributed by atoms with van der Waals surface area (Å²) in [6, 6.07) is 0.179. The van der Waals surface area contributed by atoms with Crippen molar-refractivity contribution in [3.8, 4) is 0 Å². The molecule has 10 atom stereocenters. The Morgan fingerprint density at radius 2 is 1.88 bits per heavy atom. The van der Waals surface area contributed by atoms with Gasteiger partial charge in [-0.25, -0.2) is 9.18 Å². The van der Waals surface area contributed by atoms with Crippen LogP contribution in [0.15, 0.2) is 11.9 Å². The fourth-order valence-corrected chi connectivity index (χ4v) is 8.65. The molecule has 8 unspecified atom stereocenters. The minimum Gasteiger partial charge on any atom is -0.337 e. The van der Waals surface area contributed by atoms with Crippen LogP contribution in [0.2, 0.25) is 0 Å². The van der Waals surface area contributed by atoms with Crippen molar-refractivity contribution in [3.05, 3.63) is 11.9 Å². The van der Waals surface area contributed by atoms with E-state index in [1.807, 2.05) is 16.1 Å². The quantitative estimate of drug-likeness (QED) is 0.338. The largest absolute Gasteiger partial charge is 0.337 e. The first-order valence-electron chi connectivity index (χ1n) is 15.9. The van der Waals surface area contributed by atoms with E-state index in [9.17, 15) is 9.59 Å². The normalized spacial score (nSPS) is 41.9. The summed E-state index contributed by atoms with van der Waals surface area (Å²) in [5.41, 5.74) is 7.32. The third-order valence-electron chi connectivity index (χ3n) is 10.6. The molecule has 5 N–H and O–H groups in total. The van der Waals surface area contributed by atoms with Gasteiger partial charge in [0.25, 0.3) is 0 Å².